The average Bonchev–Trinajstić information content (AvgIpc) is 2.90. The first kappa shape index (κ1) is 10.2. The Hall–Kier alpha value is -0.970. The van der Waals surface area contributed by atoms with Crippen molar-refractivity contribution in [1.29, 1.82) is 0 Å². The van der Waals surface area contributed by atoms with E-state index < -0.39 is 0 Å². The van der Waals surface area contributed by atoms with E-state index in [-0.39, 0.29) is 17.3 Å². The maximum absolute atomic E-state index is 11.5. The molecule has 0 unspecified atom stereocenters. The van der Waals surface area contributed by atoms with Crippen LogP contribution >= 0.6 is 11.8 Å². The van der Waals surface area contributed by atoms with Gasteiger partial charge in [0, 0.05) is 24.9 Å². The summed E-state index contributed by atoms with van der Waals surface area (Å²) < 4.78 is 7.32. The van der Waals surface area contributed by atoms with E-state index in [0.29, 0.717) is 6.04 Å². The minimum absolute atomic E-state index is 0.0503. The second kappa shape index (κ2) is 3.80. The van der Waals surface area contributed by atoms with Crippen LogP contribution in [0.15, 0.2) is 17.6 Å². The summed E-state index contributed by atoms with van der Waals surface area (Å²) in [6.07, 6.45) is 7.12. The van der Waals surface area contributed by atoms with E-state index >= 15 is 0 Å². The summed E-state index contributed by atoms with van der Waals surface area (Å²) in [4.78, 5) is 15.8. The lowest BCUT2D eigenvalue weighted by Gasteiger charge is -2.07. The van der Waals surface area contributed by atoms with Gasteiger partial charge in [0.2, 0.25) is 0 Å². The number of aromatic nitrogens is 2. The van der Waals surface area contributed by atoms with Crippen molar-refractivity contribution in [1.82, 2.24) is 9.55 Å². The molecule has 86 valence electrons. The lowest BCUT2D eigenvalue weighted by molar-refractivity contribution is -0.140. The highest BCUT2D eigenvalue weighted by Crippen LogP contribution is 2.39. The van der Waals surface area contributed by atoms with Gasteiger partial charge in [-0.05, 0) is 19.8 Å². The van der Waals surface area contributed by atoms with Crippen molar-refractivity contribution >= 4 is 17.7 Å². The van der Waals surface area contributed by atoms with Crippen LogP contribution in [-0.2, 0) is 9.53 Å². The van der Waals surface area contributed by atoms with Crippen LogP contribution in [0, 0.1) is 0 Å². The van der Waals surface area contributed by atoms with E-state index in [2.05, 4.69) is 9.55 Å². The zero-order chi connectivity index (χ0) is 11.1. The van der Waals surface area contributed by atoms with Crippen LogP contribution in [0.25, 0.3) is 0 Å². The molecule has 0 radical (unpaired) electrons. The Labute approximate surface area is 98.4 Å². The van der Waals surface area contributed by atoms with Gasteiger partial charge >= 0.3 is 5.97 Å². The van der Waals surface area contributed by atoms with Crippen molar-refractivity contribution in [2.24, 2.45) is 0 Å². The number of esters is 1. The van der Waals surface area contributed by atoms with E-state index in [1.807, 2.05) is 19.3 Å². The fraction of sp³-hybridized carbons (Fsp3) is 0.636. The summed E-state index contributed by atoms with van der Waals surface area (Å²) in [6, 6.07) is 0.611. The number of hydrogen-bond donors (Lipinski definition) is 0. The van der Waals surface area contributed by atoms with Crippen molar-refractivity contribution in [3.63, 3.8) is 0 Å². The molecule has 16 heavy (non-hydrogen) atoms. The molecule has 2 atom stereocenters. The van der Waals surface area contributed by atoms with E-state index in [0.717, 1.165) is 11.6 Å². The molecular weight excluding hydrogens is 224 g/mol. The Bertz CT molecular complexity index is 414. The molecular formula is C11H14N2O2S. The van der Waals surface area contributed by atoms with E-state index in [9.17, 15) is 4.79 Å². The van der Waals surface area contributed by atoms with Crippen LogP contribution in [0.4, 0.5) is 0 Å². The second-order valence-electron chi connectivity index (χ2n) is 4.44. The fourth-order valence-electron chi connectivity index (χ4n) is 1.96. The molecule has 1 aromatic rings. The largest absolute Gasteiger partial charge is 0.462 e. The SMILES string of the molecule is C[C@@H]1C[C@H](Sc2nccn2C2CC2)C(=O)O1. The predicted molar refractivity (Wildman–Crippen MR) is 60.3 cm³/mol. The van der Waals surface area contributed by atoms with Crippen molar-refractivity contribution < 1.29 is 9.53 Å². The molecule has 2 heterocycles. The summed E-state index contributed by atoms with van der Waals surface area (Å²) in [5.41, 5.74) is 0. The van der Waals surface area contributed by atoms with Crippen molar-refractivity contribution in [2.75, 3.05) is 0 Å². The number of rotatable bonds is 3. The van der Waals surface area contributed by atoms with Gasteiger partial charge in [0.1, 0.15) is 11.4 Å². The second-order valence-corrected chi connectivity index (χ2v) is 5.61. The normalized spacial score (nSPS) is 29.4. The van der Waals surface area contributed by atoms with Gasteiger partial charge in [-0.15, -0.1) is 0 Å². The Kier molecular flexibility index (Phi) is 2.42. The first-order valence-electron chi connectivity index (χ1n) is 5.64. The third-order valence-electron chi connectivity index (χ3n) is 2.95. The fourth-order valence-corrected chi connectivity index (χ4v) is 3.19. The molecule has 1 aliphatic heterocycles. The van der Waals surface area contributed by atoms with Gasteiger partial charge in [-0.25, -0.2) is 4.98 Å². The van der Waals surface area contributed by atoms with Gasteiger partial charge in [0.15, 0.2) is 5.16 Å². The molecule has 0 amide bonds. The highest BCUT2D eigenvalue weighted by atomic mass is 32.2. The smallest absolute Gasteiger partial charge is 0.319 e. The number of ether oxygens (including phenoxy) is 1. The zero-order valence-corrected chi connectivity index (χ0v) is 9.94. The van der Waals surface area contributed by atoms with Crippen LogP contribution in [0.2, 0.25) is 0 Å². The number of nitrogens with zero attached hydrogens (tertiary/aromatic N) is 2. The van der Waals surface area contributed by atoms with E-state index in [4.69, 9.17) is 4.74 Å². The first-order chi connectivity index (χ1) is 7.74. The number of hydrogen-bond acceptors (Lipinski definition) is 4. The van der Waals surface area contributed by atoms with E-state index in [1.165, 1.54) is 12.8 Å². The lowest BCUT2D eigenvalue weighted by atomic mass is 10.3. The monoisotopic (exact) mass is 238 g/mol. The highest BCUT2D eigenvalue weighted by molar-refractivity contribution is 8.00. The van der Waals surface area contributed by atoms with Crippen molar-refractivity contribution in [3.8, 4) is 0 Å². The summed E-state index contributed by atoms with van der Waals surface area (Å²) in [6.45, 7) is 1.94. The summed E-state index contributed by atoms with van der Waals surface area (Å²) in [7, 11) is 0. The predicted octanol–water partition coefficient (Wildman–Crippen LogP) is 2.01. The van der Waals surface area contributed by atoms with Gasteiger partial charge in [0.25, 0.3) is 0 Å². The van der Waals surface area contributed by atoms with Crippen molar-refractivity contribution in [2.45, 2.75) is 48.7 Å². The average molecular weight is 238 g/mol. The summed E-state index contributed by atoms with van der Waals surface area (Å²) >= 11 is 1.54. The molecule has 5 heteroatoms. The molecule has 1 aromatic heterocycles. The number of cyclic esters (lactones) is 1. The van der Waals surface area contributed by atoms with Gasteiger partial charge in [0.05, 0.1) is 0 Å². The topological polar surface area (TPSA) is 44.1 Å². The van der Waals surface area contributed by atoms with Gasteiger partial charge in [-0.2, -0.15) is 0 Å². The molecule has 2 aliphatic rings. The lowest BCUT2D eigenvalue weighted by Crippen LogP contribution is -2.11. The van der Waals surface area contributed by atoms with Gasteiger partial charge < -0.3 is 9.30 Å². The maximum atomic E-state index is 11.5. The third-order valence-corrected chi connectivity index (χ3v) is 4.14. The quantitative estimate of drug-likeness (QED) is 0.756. The molecule has 2 fully saturated rings. The van der Waals surface area contributed by atoms with Gasteiger partial charge in [-0.3, -0.25) is 4.79 Å². The molecule has 0 spiro atoms. The Morgan fingerprint density at radius 2 is 2.38 bits per heavy atom. The number of carbonyl (C=O) groups excluding carboxylic acids is 1. The zero-order valence-electron chi connectivity index (χ0n) is 9.13. The number of thioether (sulfide) groups is 1. The van der Waals surface area contributed by atoms with Crippen LogP contribution in [-0.4, -0.2) is 26.9 Å². The first-order valence-corrected chi connectivity index (χ1v) is 6.52. The molecule has 3 rings (SSSR count). The van der Waals surface area contributed by atoms with Crippen molar-refractivity contribution in [3.05, 3.63) is 12.4 Å². The Morgan fingerprint density at radius 3 is 3.00 bits per heavy atom. The van der Waals surface area contributed by atoms with Crippen LogP contribution in [0.5, 0.6) is 0 Å². The van der Waals surface area contributed by atoms with E-state index in [1.54, 1.807) is 11.8 Å². The molecule has 1 saturated carbocycles. The summed E-state index contributed by atoms with van der Waals surface area (Å²) in [5, 5.41) is 0.883. The van der Waals surface area contributed by atoms with Gasteiger partial charge in [-0.1, -0.05) is 11.8 Å². The van der Waals surface area contributed by atoms with Crippen LogP contribution in [0.1, 0.15) is 32.2 Å². The standard InChI is InChI=1S/C11H14N2O2S/c1-7-6-9(10(14)15-7)16-11-12-4-5-13(11)8-2-3-8/h4-5,7-9H,2-3,6H2,1H3/t7-,9+/m1/s1. The minimum atomic E-state index is -0.0946. The molecule has 0 aromatic carbocycles. The number of carbonyl (C=O) groups is 1. The maximum Gasteiger partial charge on any atom is 0.319 e. The summed E-state index contributed by atoms with van der Waals surface area (Å²) in [5.74, 6) is -0.0946. The molecule has 4 nitrogen and oxygen atoms in total. The van der Waals surface area contributed by atoms with Crippen LogP contribution in [0.3, 0.4) is 0 Å². The number of imidazole rings is 1. The molecule has 0 bridgehead atoms. The Morgan fingerprint density at radius 1 is 1.56 bits per heavy atom. The molecule has 1 aliphatic carbocycles. The Balaban J connectivity index is 1.73. The minimum Gasteiger partial charge on any atom is -0.462 e. The molecule has 1 saturated heterocycles. The van der Waals surface area contributed by atoms with Crippen LogP contribution < -0.4 is 0 Å². The molecule has 0 N–H and O–H groups in total. The third kappa shape index (κ3) is 1.84. The highest BCUT2D eigenvalue weighted by Gasteiger charge is 2.35.